The number of hydrogen-bond donors (Lipinski definition) is 2. The molecular weight excluding hydrogens is 303 g/mol. The fourth-order valence-corrected chi connectivity index (χ4v) is 1.94. The molecule has 0 spiro atoms. The van der Waals surface area contributed by atoms with Gasteiger partial charge in [0.2, 0.25) is 5.95 Å². The molecule has 0 aliphatic carbocycles. The van der Waals surface area contributed by atoms with E-state index in [2.05, 4.69) is 20.6 Å². The van der Waals surface area contributed by atoms with Gasteiger partial charge in [0.25, 0.3) is 0 Å². The number of aromatic nitrogens is 2. The van der Waals surface area contributed by atoms with Gasteiger partial charge in [-0.15, -0.1) is 0 Å². The standard InChI is InChI=1S/C15H17FN4O3/c1-9(12-6-10(16)4-5-13(12)23-3)19-15(21)20-14-17-7-11(22-2)8-18-14/h4-9H,1-3H3,(H2,17,18,19,20,21). The van der Waals surface area contributed by atoms with Crippen LogP contribution < -0.4 is 20.1 Å². The van der Waals surface area contributed by atoms with Crippen molar-refractivity contribution in [3.8, 4) is 11.5 Å². The van der Waals surface area contributed by atoms with Gasteiger partial charge < -0.3 is 14.8 Å². The number of ether oxygens (including phenoxy) is 2. The van der Waals surface area contributed by atoms with Crippen molar-refractivity contribution in [1.29, 1.82) is 0 Å². The van der Waals surface area contributed by atoms with Crippen LogP contribution in [0.25, 0.3) is 0 Å². The summed E-state index contributed by atoms with van der Waals surface area (Å²) in [6.07, 6.45) is 2.86. The fourth-order valence-electron chi connectivity index (χ4n) is 1.94. The maximum absolute atomic E-state index is 13.4. The molecule has 0 fully saturated rings. The van der Waals surface area contributed by atoms with Gasteiger partial charge in [-0.3, -0.25) is 5.32 Å². The van der Waals surface area contributed by atoms with Crippen LogP contribution in [0.1, 0.15) is 18.5 Å². The van der Waals surface area contributed by atoms with E-state index in [1.165, 1.54) is 44.8 Å². The Morgan fingerprint density at radius 3 is 2.52 bits per heavy atom. The van der Waals surface area contributed by atoms with Crippen molar-refractivity contribution in [2.24, 2.45) is 0 Å². The highest BCUT2D eigenvalue weighted by molar-refractivity contribution is 5.87. The molecule has 1 unspecified atom stereocenters. The largest absolute Gasteiger partial charge is 0.496 e. The van der Waals surface area contributed by atoms with Crippen LogP contribution in [0.3, 0.4) is 0 Å². The van der Waals surface area contributed by atoms with Crippen LogP contribution in [-0.4, -0.2) is 30.2 Å². The first-order valence-corrected chi connectivity index (χ1v) is 6.80. The SMILES string of the molecule is COc1cnc(NC(=O)NC(C)c2cc(F)ccc2OC)nc1. The van der Waals surface area contributed by atoms with E-state index in [-0.39, 0.29) is 5.95 Å². The average Bonchev–Trinajstić information content (AvgIpc) is 2.55. The Hall–Kier alpha value is -2.90. The summed E-state index contributed by atoms with van der Waals surface area (Å²) >= 11 is 0. The molecule has 0 saturated carbocycles. The van der Waals surface area contributed by atoms with Crippen LogP contribution in [0.5, 0.6) is 11.5 Å². The smallest absolute Gasteiger partial charge is 0.322 e. The lowest BCUT2D eigenvalue weighted by Crippen LogP contribution is -2.32. The van der Waals surface area contributed by atoms with Crippen LogP contribution >= 0.6 is 0 Å². The predicted molar refractivity (Wildman–Crippen MR) is 82.1 cm³/mol. The van der Waals surface area contributed by atoms with Gasteiger partial charge in [-0.1, -0.05) is 0 Å². The molecule has 0 aliphatic rings. The van der Waals surface area contributed by atoms with Gasteiger partial charge in [0.05, 0.1) is 32.7 Å². The summed E-state index contributed by atoms with van der Waals surface area (Å²) in [5.41, 5.74) is 0.526. The number of carbonyl (C=O) groups is 1. The van der Waals surface area contributed by atoms with Crippen LogP contribution in [0.15, 0.2) is 30.6 Å². The molecule has 7 nitrogen and oxygen atoms in total. The summed E-state index contributed by atoms with van der Waals surface area (Å²) < 4.78 is 23.5. The Balaban J connectivity index is 2.03. The maximum Gasteiger partial charge on any atom is 0.322 e. The number of nitrogens with one attached hydrogen (secondary N) is 2. The Bertz CT molecular complexity index is 679. The molecule has 0 radical (unpaired) electrons. The molecule has 1 heterocycles. The number of carbonyl (C=O) groups excluding carboxylic acids is 1. The third-order valence-electron chi connectivity index (χ3n) is 3.10. The van der Waals surface area contributed by atoms with Crippen LogP contribution in [0.2, 0.25) is 0 Å². The quantitative estimate of drug-likeness (QED) is 0.884. The number of halogens is 1. The van der Waals surface area contributed by atoms with Crippen LogP contribution in [0.4, 0.5) is 15.1 Å². The Morgan fingerprint density at radius 1 is 1.22 bits per heavy atom. The van der Waals surface area contributed by atoms with Gasteiger partial charge in [0.15, 0.2) is 5.75 Å². The second kappa shape index (κ2) is 7.39. The summed E-state index contributed by atoms with van der Waals surface area (Å²) in [5, 5.41) is 5.15. The molecule has 2 rings (SSSR count). The van der Waals surface area contributed by atoms with Gasteiger partial charge in [-0.05, 0) is 25.1 Å². The summed E-state index contributed by atoms with van der Waals surface area (Å²) in [6, 6.07) is 3.12. The van der Waals surface area contributed by atoms with E-state index < -0.39 is 17.9 Å². The number of rotatable bonds is 5. The topological polar surface area (TPSA) is 85.4 Å². The second-order valence-electron chi connectivity index (χ2n) is 4.65. The zero-order valence-electron chi connectivity index (χ0n) is 13.0. The molecule has 122 valence electrons. The highest BCUT2D eigenvalue weighted by Gasteiger charge is 2.15. The number of anilines is 1. The van der Waals surface area contributed by atoms with E-state index in [1.54, 1.807) is 6.92 Å². The number of amides is 2. The van der Waals surface area contributed by atoms with E-state index in [4.69, 9.17) is 9.47 Å². The highest BCUT2D eigenvalue weighted by atomic mass is 19.1. The molecule has 0 bridgehead atoms. The van der Waals surface area contributed by atoms with Crippen LogP contribution in [0, 0.1) is 5.82 Å². The lowest BCUT2D eigenvalue weighted by Gasteiger charge is -2.17. The highest BCUT2D eigenvalue weighted by Crippen LogP contribution is 2.25. The lowest BCUT2D eigenvalue weighted by atomic mass is 10.1. The molecular formula is C15H17FN4O3. The number of benzene rings is 1. The minimum Gasteiger partial charge on any atom is -0.496 e. The van der Waals surface area contributed by atoms with Crippen molar-refractivity contribution in [2.75, 3.05) is 19.5 Å². The zero-order chi connectivity index (χ0) is 16.8. The summed E-state index contributed by atoms with van der Waals surface area (Å²) in [7, 11) is 2.97. The van der Waals surface area contributed by atoms with Gasteiger partial charge in [-0.2, -0.15) is 0 Å². The van der Waals surface area contributed by atoms with Crippen molar-refractivity contribution in [3.63, 3.8) is 0 Å². The van der Waals surface area contributed by atoms with Crippen LogP contribution in [-0.2, 0) is 0 Å². The van der Waals surface area contributed by atoms with Gasteiger partial charge >= 0.3 is 6.03 Å². The first-order chi connectivity index (χ1) is 11.0. The lowest BCUT2D eigenvalue weighted by molar-refractivity contribution is 0.249. The molecule has 1 atom stereocenters. The second-order valence-corrected chi connectivity index (χ2v) is 4.65. The molecule has 2 amide bonds. The molecule has 23 heavy (non-hydrogen) atoms. The number of nitrogens with zero attached hydrogens (tertiary/aromatic N) is 2. The minimum absolute atomic E-state index is 0.127. The molecule has 1 aromatic carbocycles. The van der Waals surface area contributed by atoms with E-state index in [0.29, 0.717) is 17.1 Å². The Morgan fingerprint density at radius 2 is 1.91 bits per heavy atom. The molecule has 8 heteroatoms. The first-order valence-electron chi connectivity index (χ1n) is 6.80. The molecule has 2 aromatic rings. The molecule has 1 aromatic heterocycles. The van der Waals surface area contributed by atoms with Gasteiger partial charge in [-0.25, -0.2) is 19.2 Å². The van der Waals surface area contributed by atoms with Crippen molar-refractivity contribution in [1.82, 2.24) is 15.3 Å². The summed E-state index contributed by atoms with van der Waals surface area (Å²) in [5.74, 6) is 0.684. The van der Waals surface area contributed by atoms with E-state index >= 15 is 0 Å². The Labute approximate surface area is 132 Å². The van der Waals surface area contributed by atoms with E-state index in [1.807, 2.05) is 0 Å². The molecule has 0 saturated heterocycles. The van der Waals surface area contributed by atoms with E-state index in [0.717, 1.165) is 0 Å². The summed E-state index contributed by atoms with van der Waals surface area (Å²) in [4.78, 5) is 19.8. The fraction of sp³-hybridized carbons (Fsp3) is 0.267. The van der Waals surface area contributed by atoms with E-state index in [9.17, 15) is 9.18 Å². The molecule has 2 N–H and O–H groups in total. The zero-order valence-corrected chi connectivity index (χ0v) is 13.0. The number of hydrogen-bond acceptors (Lipinski definition) is 5. The maximum atomic E-state index is 13.4. The molecule has 0 aliphatic heterocycles. The van der Waals surface area contributed by atoms with Crippen molar-refractivity contribution >= 4 is 12.0 Å². The normalized spacial score (nSPS) is 11.5. The number of urea groups is 1. The third-order valence-corrected chi connectivity index (χ3v) is 3.10. The number of methoxy groups -OCH3 is 2. The van der Waals surface area contributed by atoms with Crippen molar-refractivity contribution in [3.05, 3.63) is 42.0 Å². The van der Waals surface area contributed by atoms with Gasteiger partial charge in [0, 0.05) is 5.56 Å². The monoisotopic (exact) mass is 320 g/mol. The van der Waals surface area contributed by atoms with Crippen molar-refractivity contribution in [2.45, 2.75) is 13.0 Å². The Kier molecular flexibility index (Phi) is 5.29. The third kappa shape index (κ3) is 4.29. The van der Waals surface area contributed by atoms with Gasteiger partial charge in [0.1, 0.15) is 11.6 Å². The predicted octanol–water partition coefficient (Wildman–Crippen LogP) is 2.52. The van der Waals surface area contributed by atoms with Crippen molar-refractivity contribution < 1.29 is 18.7 Å². The first kappa shape index (κ1) is 16.5. The average molecular weight is 320 g/mol. The summed E-state index contributed by atoms with van der Waals surface area (Å²) in [6.45, 7) is 1.71. The minimum atomic E-state index is -0.519.